The Morgan fingerprint density at radius 1 is 1.27 bits per heavy atom. The molecule has 3 heteroatoms. The Balaban J connectivity index is 1.84. The fourth-order valence-corrected chi connectivity index (χ4v) is 1.98. The smallest absolute Gasteiger partial charge is 0.0735 e. The van der Waals surface area contributed by atoms with E-state index >= 15 is 0 Å². The summed E-state index contributed by atoms with van der Waals surface area (Å²) < 4.78 is 5.83. The van der Waals surface area contributed by atoms with Crippen LogP contribution in [0.25, 0.3) is 0 Å². The summed E-state index contributed by atoms with van der Waals surface area (Å²) in [5, 5.41) is 4.12. The molecule has 0 spiro atoms. The summed E-state index contributed by atoms with van der Waals surface area (Å²) in [6, 6.07) is 7.86. The van der Waals surface area contributed by atoms with Gasteiger partial charge in [0.05, 0.1) is 12.7 Å². The van der Waals surface area contributed by atoms with E-state index in [9.17, 15) is 0 Å². The largest absolute Gasteiger partial charge is 0.373 e. The van der Waals surface area contributed by atoms with Crippen LogP contribution in [-0.2, 0) is 11.3 Å². The minimum absolute atomic E-state index is 0.391. The van der Waals surface area contributed by atoms with Crippen molar-refractivity contribution in [3.63, 3.8) is 0 Å². The van der Waals surface area contributed by atoms with Crippen LogP contribution in [0.1, 0.15) is 18.4 Å². The van der Waals surface area contributed by atoms with Crippen LogP contribution < -0.4 is 5.32 Å². The number of halogens is 1. The zero-order valence-corrected chi connectivity index (χ0v) is 9.46. The number of rotatable bonds is 3. The van der Waals surface area contributed by atoms with Crippen LogP contribution >= 0.6 is 11.6 Å². The van der Waals surface area contributed by atoms with Gasteiger partial charge in [0.15, 0.2) is 0 Å². The molecular weight excluding hydrogens is 210 g/mol. The molecule has 0 amide bonds. The van der Waals surface area contributed by atoms with Crippen LogP contribution in [0.3, 0.4) is 0 Å². The average molecular weight is 226 g/mol. The highest BCUT2D eigenvalue weighted by Gasteiger charge is 2.13. The first kappa shape index (κ1) is 10.9. The Bertz CT molecular complexity index is 310. The van der Waals surface area contributed by atoms with Gasteiger partial charge in [-0.2, -0.15) is 0 Å². The van der Waals surface area contributed by atoms with Gasteiger partial charge in [0.25, 0.3) is 0 Å². The van der Waals surface area contributed by atoms with Crippen LogP contribution in [0.15, 0.2) is 24.3 Å². The van der Waals surface area contributed by atoms with Crippen LogP contribution in [-0.4, -0.2) is 19.2 Å². The van der Waals surface area contributed by atoms with Crippen molar-refractivity contribution in [1.29, 1.82) is 0 Å². The highest BCUT2D eigenvalue weighted by Crippen LogP contribution is 2.18. The lowest BCUT2D eigenvalue weighted by Crippen LogP contribution is -2.32. The lowest BCUT2D eigenvalue weighted by molar-refractivity contribution is 0.0213. The first-order valence-corrected chi connectivity index (χ1v) is 5.80. The summed E-state index contributed by atoms with van der Waals surface area (Å²) in [4.78, 5) is 0. The molecule has 1 N–H and O–H groups in total. The van der Waals surface area contributed by atoms with Crippen molar-refractivity contribution in [2.45, 2.75) is 25.6 Å². The molecule has 0 bridgehead atoms. The first-order valence-electron chi connectivity index (χ1n) is 5.42. The maximum atomic E-state index is 6.05. The predicted octanol–water partition coefficient (Wildman–Crippen LogP) is 2.61. The van der Waals surface area contributed by atoms with Crippen LogP contribution in [0.4, 0.5) is 0 Å². The number of benzene rings is 1. The second kappa shape index (κ2) is 5.50. The second-order valence-corrected chi connectivity index (χ2v) is 4.26. The molecule has 1 aromatic rings. The van der Waals surface area contributed by atoms with E-state index in [1.165, 1.54) is 0 Å². The van der Waals surface area contributed by atoms with Gasteiger partial charge in [0.1, 0.15) is 0 Å². The lowest BCUT2D eigenvalue weighted by Gasteiger charge is -2.23. The highest BCUT2D eigenvalue weighted by atomic mass is 35.5. The van der Waals surface area contributed by atoms with E-state index in [0.717, 1.165) is 36.5 Å². The van der Waals surface area contributed by atoms with Gasteiger partial charge in [-0.15, -0.1) is 0 Å². The number of ether oxygens (including phenoxy) is 1. The summed E-state index contributed by atoms with van der Waals surface area (Å²) in [5.41, 5.74) is 1.08. The quantitative estimate of drug-likeness (QED) is 0.854. The zero-order valence-electron chi connectivity index (χ0n) is 8.71. The molecule has 1 aliphatic rings. The topological polar surface area (TPSA) is 21.3 Å². The number of nitrogens with one attached hydrogen (secondary N) is 1. The highest BCUT2D eigenvalue weighted by molar-refractivity contribution is 6.31. The van der Waals surface area contributed by atoms with E-state index < -0.39 is 0 Å². The molecule has 1 fully saturated rings. The van der Waals surface area contributed by atoms with E-state index in [0.29, 0.717) is 12.7 Å². The van der Waals surface area contributed by atoms with Gasteiger partial charge in [-0.25, -0.2) is 0 Å². The molecule has 82 valence electrons. The van der Waals surface area contributed by atoms with Crippen molar-refractivity contribution in [1.82, 2.24) is 5.32 Å². The number of hydrogen-bond acceptors (Lipinski definition) is 2. The molecule has 2 rings (SSSR count). The third-order valence-electron chi connectivity index (χ3n) is 2.72. The third-order valence-corrected chi connectivity index (χ3v) is 3.09. The maximum Gasteiger partial charge on any atom is 0.0735 e. The van der Waals surface area contributed by atoms with Gasteiger partial charge >= 0.3 is 0 Å². The minimum atomic E-state index is 0.391. The molecule has 0 radical (unpaired) electrons. The van der Waals surface area contributed by atoms with Crippen molar-refractivity contribution in [3.05, 3.63) is 34.9 Å². The Morgan fingerprint density at radius 2 is 2.00 bits per heavy atom. The fourth-order valence-electron chi connectivity index (χ4n) is 1.79. The average Bonchev–Trinajstić information content (AvgIpc) is 2.29. The SMILES string of the molecule is Clc1ccccc1COC1CCNCC1. The summed E-state index contributed by atoms with van der Waals surface area (Å²) >= 11 is 6.05. The molecule has 1 saturated heterocycles. The number of piperidine rings is 1. The summed E-state index contributed by atoms with van der Waals surface area (Å²) in [6.45, 7) is 2.75. The Hall–Kier alpha value is -0.570. The number of hydrogen-bond donors (Lipinski definition) is 1. The lowest BCUT2D eigenvalue weighted by atomic mass is 10.1. The Labute approximate surface area is 95.6 Å². The zero-order chi connectivity index (χ0) is 10.5. The molecule has 1 aliphatic heterocycles. The van der Waals surface area contributed by atoms with Crippen molar-refractivity contribution in [2.24, 2.45) is 0 Å². The summed E-state index contributed by atoms with van der Waals surface area (Å²) in [7, 11) is 0. The van der Waals surface area contributed by atoms with E-state index in [1.54, 1.807) is 0 Å². The molecule has 0 aliphatic carbocycles. The Kier molecular flexibility index (Phi) is 4.01. The monoisotopic (exact) mass is 225 g/mol. The van der Waals surface area contributed by atoms with E-state index in [-0.39, 0.29) is 0 Å². The van der Waals surface area contributed by atoms with Gasteiger partial charge in [-0.05, 0) is 37.6 Å². The van der Waals surface area contributed by atoms with Crippen molar-refractivity contribution in [3.8, 4) is 0 Å². The molecule has 0 atom stereocenters. The predicted molar refractivity (Wildman–Crippen MR) is 62.1 cm³/mol. The second-order valence-electron chi connectivity index (χ2n) is 3.85. The molecular formula is C12H16ClNO. The van der Waals surface area contributed by atoms with Crippen LogP contribution in [0, 0.1) is 0 Å². The van der Waals surface area contributed by atoms with Gasteiger partial charge in [-0.1, -0.05) is 29.8 Å². The van der Waals surface area contributed by atoms with Gasteiger partial charge in [-0.3, -0.25) is 0 Å². The molecule has 1 aromatic carbocycles. The minimum Gasteiger partial charge on any atom is -0.373 e. The van der Waals surface area contributed by atoms with Gasteiger partial charge in [0, 0.05) is 5.02 Å². The fraction of sp³-hybridized carbons (Fsp3) is 0.500. The maximum absolute atomic E-state index is 6.05. The van der Waals surface area contributed by atoms with Crippen molar-refractivity contribution >= 4 is 11.6 Å². The van der Waals surface area contributed by atoms with E-state index in [1.807, 2.05) is 24.3 Å². The molecule has 0 aromatic heterocycles. The normalized spacial score (nSPS) is 17.9. The van der Waals surface area contributed by atoms with Crippen LogP contribution in [0.5, 0.6) is 0 Å². The third kappa shape index (κ3) is 3.20. The molecule has 15 heavy (non-hydrogen) atoms. The first-order chi connectivity index (χ1) is 7.36. The molecule has 1 heterocycles. The van der Waals surface area contributed by atoms with Crippen molar-refractivity contribution in [2.75, 3.05) is 13.1 Å². The van der Waals surface area contributed by atoms with E-state index in [2.05, 4.69) is 5.32 Å². The molecule has 2 nitrogen and oxygen atoms in total. The van der Waals surface area contributed by atoms with Gasteiger partial charge < -0.3 is 10.1 Å². The summed E-state index contributed by atoms with van der Waals surface area (Å²) in [5.74, 6) is 0. The molecule has 0 unspecified atom stereocenters. The van der Waals surface area contributed by atoms with Crippen molar-refractivity contribution < 1.29 is 4.74 Å². The van der Waals surface area contributed by atoms with E-state index in [4.69, 9.17) is 16.3 Å². The Morgan fingerprint density at radius 3 is 2.73 bits per heavy atom. The van der Waals surface area contributed by atoms with Gasteiger partial charge in [0.2, 0.25) is 0 Å². The van der Waals surface area contributed by atoms with Crippen LogP contribution in [0.2, 0.25) is 5.02 Å². The summed E-state index contributed by atoms with van der Waals surface area (Å²) in [6.07, 6.45) is 2.59. The molecule has 0 saturated carbocycles. The standard InChI is InChI=1S/C12H16ClNO/c13-12-4-2-1-3-10(12)9-15-11-5-7-14-8-6-11/h1-4,11,14H,5-9H2.